The Balaban J connectivity index is 2.94. The molecule has 0 aliphatic carbocycles. The molecule has 0 aliphatic heterocycles. The van der Waals surface area contributed by atoms with E-state index in [1.54, 1.807) is 7.11 Å². The zero-order valence-corrected chi connectivity index (χ0v) is 11.8. The number of hydrogen-bond donors (Lipinski definition) is 1. The van der Waals surface area contributed by atoms with E-state index in [1.165, 1.54) is 16.7 Å². The second-order valence-electron chi connectivity index (χ2n) is 5.64. The van der Waals surface area contributed by atoms with Crippen LogP contribution in [0.4, 0.5) is 0 Å². The number of benzene rings is 1. The smallest absolute Gasteiger partial charge is 0.124 e. The molecule has 0 fully saturated rings. The van der Waals surface area contributed by atoms with Crippen LogP contribution in [0.1, 0.15) is 37.0 Å². The van der Waals surface area contributed by atoms with Crippen LogP contribution in [0.15, 0.2) is 12.1 Å². The molecule has 0 atom stereocenters. The molecule has 0 heterocycles. The zero-order chi connectivity index (χ0) is 13.1. The van der Waals surface area contributed by atoms with Crippen molar-refractivity contribution in [3.8, 4) is 5.75 Å². The maximum atomic E-state index is 5.65. The molecule has 0 unspecified atom stereocenters. The summed E-state index contributed by atoms with van der Waals surface area (Å²) in [5.74, 6) is 1.00. The molecule has 0 amide bonds. The molecule has 0 spiro atoms. The standard InChI is InChI=1S/C15H25NO/c1-11-8-13(9-12(2)14(11)17-5)10-15(3,4)6-7-16/h8-9H,6-7,10,16H2,1-5H3. The van der Waals surface area contributed by atoms with Crippen LogP contribution in [0.2, 0.25) is 0 Å². The number of aryl methyl sites for hydroxylation is 2. The first kappa shape index (κ1) is 14.0. The van der Waals surface area contributed by atoms with Crippen molar-refractivity contribution in [1.82, 2.24) is 0 Å². The van der Waals surface area contributed by atoms with E-state index in [4.69, 9.17) is 10.5 Å². The molecule has 96 valence electrons. The number of ether oxygens (including phenoxy) is 1. The van der Waals surface area contributed by atoms with Gasteiger partial charge in [0.25, 0.3) is 0 Å². The van der Waals surface area contributed by atoms with Gasteiger partial charge in [-0.3, -0.25) is 0 Å². The van der Waals surface area contributed by atoms with Crippen molar-refractivity contribution in [1.29, 1.82) is 0 Å². The molecule has 1 aromatic carbocycles. The summed E-state index contributed by atoms with van der Waals surface area (Å²) in [4.78, 5) is 0. The van der Waals surface area contributed by atoms with Crippen molar-refractivity contribution in [2.24, 2.45) is 11.1 Å². The Morgan fingerprint density at radius 1 is 1.18 bits per heavy atom. The molecular formula is C15H25NO. The Hall–Kier alpha value is -1.02. The Morgan fingerprint density at radius 3 is 2.12 bits per heavy atom. The summed E-state index contributed by atoms with van der Waals surface area (Å²) in [6.07, 6.45) is 2.12. The molecule has 1 aromatic rings. The quantitative estimate of drug-likeness (QED) is 0.850. The van der Waals surface area contributed by atoms with Crippen LogP contribution in [0, 0.1) is 19.3 Å². The number of hydrogen-bond acceptors (Lipinski definition) is 2. The molecule has 2 N–H and O–H groups in total. The average Bonchev–Trinajstić information content (AvgIpc) is 2.15. The second-order valence-corrected chi connectivity index (χ2v) is 5.64. The predicted molar refractivity (Wildman–Crippen MR) is 73.6 cm³/mol. The fraction of sp³-hybridized carbons (Fsp3) is 0.600. The largest absolute Gasteiger partial charge is 0.496 e. The lowest BCUT2D eigenvalue weighted by Crippen LogP contribution is -2.19. The first-order valence-electron chi connectivity index (χ1n) is 6.24. The molecule has 17 heavy (non-hydrogen) atoms. The summed E-state index contributed by atoms with van der Waals surface area (Å²) < 4.78 is 5.39. The molecule has 0 bridgehead atoms. The minimum atomic E-state index is 0.266. The van der Waals surface area contributed by atoms with Crippen molar-refractivity contribution in [2.45, 2.75) is 40.5 Å². The highest BCUT2D eigenvalue weighted by molar-refractivity contribution is 5.43. The molecular weight excluding hydrogens is 210 g/mol. The van der Waals surface area contributed by atoms with Crippen LogP contribution >= 0.6 is 0 Å². The van der Waals surface area contributed by atoms with Gasteiger partial charge in [-0.05, 0) is 55.3 Å². The molecule has 2 nitrogen and oxygen atoms in total. The average molecular weight is 235 g/mol. The summed E-state index contributed by atoms with van der Waals surface area (Å²) in [6.45, 7) is 9.50. The highest BCUT2D eigenvalue weighted by Gasteiger charge is 2.18. The summed E-state index contributed by atoms with van der Waals surface area (Å²) in [6, 6.07) is 4.45. The highest BCUT2D eigenvalue weighted by Crippen LogP contribution is 2.30. The van der Waals surface area contributed by atoms with Crippen LogP contribution in [0.5, 0.6) is 5.75 Å². The lowest BCUT2D eigenvalue weighted by Gasteiger charge is -2.24. The van der Waals surface area contributed by atoms with E-state index < -0.39 is 0 Å². The van der Waals surface area contributed by atoms with E-state index in [0.29, 0.717) is 0 Å². The van der Waals surface area contributed by atoms with Crippen LogP contribution in [0.25, 0.3) is 0 Å². The Bertz CT molecular complexity index is 360. The van der Waals surface area contributed by atoms with Crippen molar-refractivity contribution in [2.75, 3.05) is 13.7 Å². The summed E-state index contributed by atoms with van der Waals surface area (Å²) in [5.41, 5.74) is 9.72. The van der Waals surface area contributed by atoms with Gasteiger partial charge in [0.05, 0.1) is 7.11 Å². The van der Waals surface area contributed by atoms with E-state index in [0.717, 1.165) is 25.1 Å². The lowest BCUT2D eigenvalue weighted by atomic mass is 9.82. The Kier molecular flexibility index (Phi) is 4.58. The number of nitrogens with two attached hydrogens (primary N) is 1. The molecule has 0 radical (unpaired) electrons. The monoisotopic (exact) mass is 235 g/mol. The van der Waals surface area contributed by atoms with Gasteiger partial charge in [0.2, 0.25) is 0 Å². The van der Waals surface area contributed by atoms with Crippen LogP contribution in [0.3, 0.4) is 0 Å². The fourth-order valence-electron chi connectivity index (χ4n) is 2.50. The normalized spacial score (nSPS) is 11.6. The first-order valence-corrected chi connectivity index (χ1v) is 6.24. The Morgan fingerprint density at radius 2 is 1.71 bits per heavy atom. The molecule has 0 saturated heterocycles. The summed E-state index contributed by atoms with van der Waals surface area (Å²) >= 11 is 0. The molecule has 0 aromatic heterocycles. The van der Waals surface area contributed by atoms with Gasteiger partial charge < -0.3 is 10.5 Å². The SMILES string of the molecule is COc1c(C)cc(CC(C)(C)CCN)cc1C. The zero-order valence-electron chi connectivity index (χ0n) is 11.8. The van der Waals surface area contributed by atoms with E-state index >= 15 is 0 Å². The third-order valence-electron chi connectivity index (χ3n) is 3.23. The number of methoxy groups -OCH3 is 1. The van der Waals surface area contributed by atoms with Gasteiger partial charge in [0, 0.05) is 0 Å². The minimum absolute atomic E-state index is 0.266. The van der Waals surface area contributed by atoms with Crippen LogP contribution in [-0.2, 0) is 6.42 Å². The van der Waals surface area contributed by atoms with Crippen molar-refractivity contribution in [3.05, 3.63) is 28.8 Å². The van der Waals surface area contributed by atoms with E-state index in [9.17, 15) is 0 Å². The van der Waals surface area contributed by atoms with Gasteiger partial charge in [0.1, 0.15) is 5.75 Å². The van der Waals surface area contributed by atoms with E-state index in [-0.39, 0.29) is 5.41 Å². The molecule has 0 saturated carbocycles. The fourth-order valence-corrected chi connectivity index (χ4v) is 2.50. The molecule has 2 heteroatoms. The van der Waals surface area contributed by atoms with Gasteiger partial charge in [-0.25, -0.2) is 0 Å². The minimum Gasteiger partial charge on any atom is -0.496 e. The lowest BCUT2D eigenvalue weighted by molar-refractivity contribution is 0.338. The van der Waals surface area contributed by atoms with E-state index in [1.807, 2.05) is 0 Å². The summed E-state index contributed by atoms with van der Waals surface area (Å²) in [5, 5.41) is 0. The third kappa shape index (κ3) is 3.74. The Labute approximate surface area is 105 Å². The van der Waals surface area contributed by atoms with Gasteiger partial charge in [-0.2, -0.15) is 0 Å². The van der Waals surface area contributed by atoms with Crippen molar-refractivity contribution < 1.29 is 4.74 Å². The summed E-state index contributed by atoms with van der Waals surface area (Å²) in [7, 11) is 1.73. The first-order chi connectivity index (χ1) is 7.89. The predicted octanol–water partition coefficient (Wildman–Crippen LogP) is 3.23. The van der Waals surface area contributed by atoms with Gasteiger partial charge >= 0.3 is 0 Å². The maximum absolute atomic E-state index is 5.65. The van der Waals surface area contributed by atoms with Crippen molar-refractivity contribution in [3.63, 3.8) is 0 Å². The second kappa shape index (κ2) is 5.54. The number of rotatable bonds is 5. The molecule has 1 rings (SSSR count). The molecule has 0 aliphatic rings. The highest BCUT2D eigenvalue weighted by atomic mass is 16.5. The van der Waals surface area contributed by atoms with E-state index in [2.05, 4.69) is 39.8 Å². The third-order valence-corrected chi connectivity index (χ3v) is 3.23. The van der Waals surface area contributed by atoms with Gasteiger partial charge in [-0.15, -0.1) is 0 Å². The van der Waals surface area contributed by atoms with Gasteiger partial charge in [-0.1, -0.05) is 26.0 Å². The van der Waals surface area contributed by atoms with Crippen molar-refractivity contribution >= 4 is 0 Å². The van der Waals surface area contributed by atoms with Crippen LogP contribution < -0.4 is 10.5 Å². The topological polar surface area (TPSA) is 35.2 Å². The maximum Gasteiger partial charge on any atom is 0.124 e. The van der Waals surface area contributed by atoms with Gasteiger partial charge in [0.15, 0.2) is 0 Å². The van der Waals surface area contributed by atoms with Crippen LogP contribution in [-0.4, -0.2) is 13.7 Å².